The summed E-state index contributed by atoms with van der Waals surface area (Å²) in [6.45, 7) is 11.5. The Morgan fingerprint density at radius 2 is 2.00 bits per heavy atom. The molecule has 0 heterocycles. The van der Waals surface area contributed by atoms with Gasteiger partial charge in [0.25, 0.3) is 0 Å². The van der Waals surface area contributed by atoms with Gasteiger partial charge in [-0.2, -0.15) is 0 Å². The molecule has 0 aromatic rings. The molecule has 0 saturated heterocycles. The molecule has 0 aliphatic rings. The average Bonchev–Trinajstić information content (AvgIpc) is 2.11. The van der Waals surface area contributed by atoms with Crippen LogP contribution in [0.25, 0.3) is 0 Å². The minimum absolute atomic E-state index is 0.284. The molecule has 0 radical (unpaired) electrons. The summed E-state index contributed by atoms with van der Waals surface area (Å²) in [7, 11) is 0. The summed E-state index contributed by atoms with van der Waals surface area (Å²) in [4.78, 5) is 4.16. The van der Waals surface area contributed by atoms with Crippen molar-refractivity contribution in [1.29, 1.82) is 5.41 Å². The average molecular weight is 193 g/mol. The SMILES string of the molecule is C=C(C(/N=C\C)=C(\N)C(C)=N)C(C)C. The van der Waals surface area contributed by atoms with E-state index in [-0.39, 0.29) is 5.92 Å². The van der Waals surface area contributed by atoms with Gasteiger partial charge in [0.2, 0.25) is 0 Å². The first kappa shape index (κ1) is 12.6. The number of allylic oxidation sites excluding steroid dienone is 2. The van der Waals surface area contributed by atoms with Crippen LogP contribution in [0.3, 0.4) is 0 Å². The van der Waals surface area contributed by atoms with Crippen LogP contribution in [0, 0.1) is 11.3 Å². The van der Waals surface area contributed by atoms with Crippen molar-refractivity contribution < 1.29 is 0 Å². The Morgan fingerprint density at radius 1 is 1.50 bits per heavy atom. The molecule has 0 aliphatic carbocycles. The van der Waals surface area contributed by atoms with E-state index in [1.165, 1.54) is 0 Å². The number of rotatable bonds is 4. The molecule has 0 atom stereocenters. The lowest BCUT2D eigenvalue weighted by molar-refractivity contribution is 0.776. The van der Waals surface area contributed by atoms with E-state index < -0.39 is 0 Å². The van der Waals surface area contributed by atoms with Gasteiger partial charge in [-0.25, -0.2) is 0 Å². The van der Waals surface area contributed by atoms with Crippen molar-refractivity contribution in [1.82, 2.24) is 0 Å². The van der Waals surface area contributed by atoms with Gasteiger partial charge in [0.05, 0.1) is 17.1 Å². The summed E-state index contributed by atoms with van der Waals surface area (Å²) < 4.78 is 0. The molecule has 0 amide bonds. The fourth-order valence-corrected chi connectivity index (χ4v) is 0.906. The van der Waals surface area contributed by atoms with Gasteiger partial charge in [0, 0.05) is 6.21 Å². The molecule has 0 saturated carbocycles. The van der Waals surface area contributed by atoms with Crippen LogP contribution in [0.2, 0.25) is 0 Å². The topological polar surface area (TPSA) is 62.2 Å². The minimum Gasteiger partial charge on any atom is -0.396 e. The normalized spacial score (nSPS) is 13.2. The second-order valence-electron chi connectivity index (χ2n) is 3.45. The Labute approximate surface area is 85.9 Å². The van der Waals surface area contributed by atoms with Crippen LogP contribution in [-0.4, -0.2) is 11.9 Å². The minimum atomic E-state index is 0.284. The first-order valence-corrected chi connectivity index (χ1v) is 4.64. The van der Waals surface area contributed by atoms with Crippen molar-refractivity contribution in [3.63, 3.8) is 0 Å². The van der Waals surface area contributed by atoms with E-state index in [0.29, 0.717) is 17.1 Å². The van der Waals surface area contributed by atoms with E-state index in [1.807, 2.05) is 20.8 Å². The van der Waals surface area contributed by atoms with Crippen molar-refractivity contribution in [3.8, 4) is 0 Å². The molecule has 0 aliphatic heterocycles. The lowest BCUT2D eigenvalue weighted by Crippen LogP contribution is -2.12. The van der Waals surface area contributed by atoms with Crippen LogP contribution in [0.1, 0.15) is 27.7 Å². The largest absolute Gasteiger partial charge is 0.396 e. The maximum absolute atomic E-state index is 7.45. The molecule has 0 aromatic heterocycles. The summed E-state index contributed by atoms with van der Waals surface area (Å²) in [5.74, 6) is 0.284. The summed E-state index contributed by atoms with van der Waals surface area (Å²) in [5, 5.41) is 7.45. The highest BCUT2D eigenvalue weighted by Gasteiger charge is 2.10. The first-order chi connectivity index (χ1) is 6.41. The maximum Gasteiger partial charge on any atom is 0.0901 e. The molecule has 0 bridgehead atoms. The molecular formula is C11H19N3. The molecular weight excluding hydrogens is 174 g/mol. The molecule has 0 spiro atoms. The predicted molar refractivity (Wildman–Crippen MR) is 62.8 cm³/mol. The van der Waals surface area contributed by atoms with E-state index in [9.17, 15) is 0 Å². The third-order valence-corrected chi connectivity index (χ3v) is 1.92. The smallest absolute Gasteiger partial charge is 0.0901 e. The zero-order valence-corrected chi connectivity index (χ0v) is 9.39. The molecule has 3 heteroatoms. The molecule has 0 fully saturated rings. The van der Waals surface area contributed by atoms with E-state index in [0.717, 1.165) is 5.57 Å². The molecule has 3 N–H and O–H groups in total. The standard InChI is InChI=1S/C11H19N3/c1-6-14-11(8(4)7(2)3)10(13)9(5)12/h6-7,12H,4,13H2,1-3,5H3/b11-10+,12-9?,14-6-. The highest BCUT2D eigenvalue weighted by Crippen LogP contribution is 2.20. The van der Waals surface area contributed by atoms with Crippen molar-refractivity contribution in [3.05, 3.63) is 23.5 Å². The Morgan fingerprint density at radius 3 is 2.29 bits per heavy atom. The zero-order valence-electron chi connectivity index (χ0n) is 9.39. The van der Waals surface area contributed by atoms with Crippen molar-refractivity contribution >= 4 is 11.9 Å². The van der Waals surface area contributed by atoms with E-state index >= 15 is 0 Å². The van der Waals surface area contributed by atoms with Crippen LogP contribution in [0.5, 0.6) is 0 Å². The number of hydrogen-bond acceptors (Lipinski definition) is 3. The second kappa shape index (κ2) is 5.37. The Kier molecular flexibility index (Phi) is 4.84. The van der Waals surface area contributed by atoms with Gasteiger partial charge >= 0.3 is 0 Å². The number of nitrogens with one attached hydrogen (secondary N) is 1. The van der Waals surface area contributed by atoms with Gasteiger partial charge in [0.15, 0.2) is 0 Å². The van der Waals surface area contributed by atoms with E-state index in [4.69, 9.17) is 11.1 Å². The molecule has 78 valence electrons. The third-order valence-electron chi connectivity index (χ3n) is 1.92. The molecule has 0 aromatic carbocycles. The molecule has 14 heavy (non-hydrogen) atoms. The fourth-order valence-electron chi connectivity index (χ4n) is 0.906. The maximum atomic E-state index is 7.45. The van der Waals surface area contributed by atoms with Crippen molar-refractivity contribution in [2.75, 3.05) is 0 Å². The van der Waals surface area contributed by atoms with Gasteiger partial charge in [-0.15, -0.1) is 0 Å². The number of hydrogen-bond donors (Lipinski definition) is 2. The summed E-state index contributed by atoms with van der Waals surface area (Å²) in [6, 6.07) is 0. The summed E-state index contributed by atoms with van der Waals surface area (Å²) >= 11 is 0. The highest BCUT2D eigenvalue weighted by molar-refractivity contribution is 5.96. The van der Waals surface area contributed by atoms with Gasteiger partial charge in [-0.1, -0.05) is 20.4 Å². The number of aliphatic imine (C=N–C) groups is 1. The van der Waals surface area contributed by atoms with Crippen LogP contribution >= 0.6 is 0 Å². The van der Waals surface area contributed by atoms with Crippen molar-refractivity contribution in [2.24, 2.45) is 16.6 Å². The summed E-state index contributed by atoms with van der Waals surface area (Å²) in [5.41, 5.74) is 8.00. The number of nitrogens with zero attached hydrogens (tertiary/aromatic N) is 1. The van der Waals surface area contributed by atoms with E-state index in [1.54, 1.807) is 13.1 Å². The number of nitrogens with two attached hydrogens (primary N) is 1. The van der Waals surface area contributed by atoms with Crippen LogP contribution in [0.15, 0.2) is 28.5 Å². The third kappa shape index (κ3) is 3.17. The van der Waals surface area contributed by atoms with Crippen LogP contribution in [0.4, 0.5) is 0 Å². The monoisotopic (exact) mass is 193 g/mol. The predicted octanol–water partition coefficient (Wildman–Crippen LogP) is 2.50. The van der Waals surface area contributed by atoms with Gasteiger partial charge in [-0.05, 0) is 25.3 Å². The van der Waals surface area contributed by atoms with Crippen LogP contribution in [-0.2, 0) is 0 Å². The Bertz CT molecular complexity index is 296. The fraction of sp³-hybridized carbons (Fsp3) is 0.455. The Hall–Kier alpha value is -1.38. The zero-order chi connectivity index (χ0) is 11.3. The van der Waals surface area contributed by atoms with E-state index in [2.05, 4.69) is 11.6 Å². The quantitative estimate of drug-likeness (QED) is 0.523. The van der Waals surface area contributed by atoms with Crippen LogP contribution < -0.4 is 5.73 Å². The van der Waals surface area contributed by atoms with Gasteiger partial charge < -0.3 is 11.1 Å². The lowest BCUT2D eigenvalue weighted by atomic mass is 10.00. The van der Waals surface area contributed by atoms with Gasteiger partial charge in [0.1, 0.15) is 0 Å². The lowest BCUT2D eigenvalue weighted by Gasteiger charge is -2.12. The Balaban J connectivity index is 5.25. The summed E-state index contributed by atoms with van der Waals surface area (Å²) in [6.07, 6.45) is 1.67. The van der Waals surface area contributed by atoms with Crippen molar-refractivity contribution in [2.45, 2.75) is 27.7 Å². The second-order valence-corrected chi connectivity index (χ2v) is 3.45. The highest BCUT2D eigenvalue weighted by atomic mass is 14.8. The van der Waals surface area contributed by atoms with Gasteiger partial charge in [-0.3, -0.25) is 4.99 Å². The first-order valence-electron chi connectivity index (χ1n) is 4.64. The molecule has 0 unspecified atom stereocenters. The molecule has 3 nitrogen and oxygen atoms in total. The molecule has 0 rings (SSSR count).